The Balaban J connectivity index is 2.25. The van der Waals surface area contributed by atoms with Crippen molar-refractivity contribution in [3.05, 3.63) is 35.9 Å². The summed E-state index contributed by atoms with van der Waals surface area (Å²) in [7, 11) is 0. The first-order valence-corrected chi connectivity index (χ1v) is 6.26. The Hall–Kier alpha value is -1.35. The van der Waals surface area contributed by atoms with E-state index in [0.29, 0.717) is 5.92 Å². The topological polar surface area (TPSA) is 32.3 Å². The Bertz CT molecular complexity index is 388. The summed E-state index contributed by atoms with van der Waals surface area (Å²) < 4.78 is 0. The van der Waals surface area contributed by atoms with Crippen LogP contribution in [0.3, 0.4) is 0 Å². The van der Waals surface area contributed by atoms with Crippen LogP contribution >= 0.6 is 0 Å². The molecule has 0 radical (unpaired) electrons. The molecule has 0 saturated carbocycles. The molecule has 1 N–H and O–H groups in total. The lowest BCUT2D eigenvalue weighted by molar-refractivity contribution is -0.130. The van der Waals surface area contributed by atoms with Crippen LogP contribution in [0.2, 0.25) is 0 Å². The normalized spacial score (nSPS) is 24.7. The average Bonchev–Trinajstić information content (AvgIpc) is 2.67. The van der Waals surface area contributed by atoms with Crippen molar-refractivity contribution >= 4 is 5.91 Å². The van der Waals surface area contributed by atoms with Gasteiger partial charge in [0, 0.05) is 6.54 Å². The summed E-state index contributed by atoms with van der Waals surface area (Å²) in [6.07, 6.45) is 0.151. The number of carbonyl (C=O) groups excluding carboxylic acids is 1. The first kappa shape index (κ1) is 12.1. The first-order chi connectivity index (χ1) is 8.15. The summed E-state index contributed by atoms with van der Waals surface area (Å²) in [5, 5.41) is 3.43. The van der Waals surface area contributed by atoms with Gasteiger partial charge < -0.3 is 4.90 Å². The van der Waals surface area contributed by atoms with E-state index in [1.54, 1.807) is 0 Å². The van der Waals surface area contributed by atoms with Gasteiger partial charge in [0.2, 0.25) is 5.91 Å². The summed E-state index contributed by atoms with van der Waals surface area (Å²) >= 11 is 0. The van der Waals surface area contributed by atoms with Gasteiger partial charge in [-0.1, -0.05) is 44.2 Å². The minimum Gasteiger partial charge on any atom is -0.325 e. The standard InChI is InChI=1S/C14H20N2O/c1-4-16-13(10(2)3)15-12(14(16)17)11-8-6-5-7-9-11/h5-10,12-13,15H,4H2,1-3H3. The quantitative estimate of drug-likeness (QED) is 0.866. The van der Waals surface area contributed by atoms with Gasteiger partial charge in [-0.25, -0.2) is 0 Å². The lowest BCUT2D eigenvalue weighted by atomic mass is 10.1. The van der Waals surface area contributed by atoms with Gasteiger partial charge in [0.15, 0.2) is 0 Å². The number of nitrogens with zero attached hydrogens (tertiary/aromatic N) is 1. The molecule has 17 heavy (non-hydrogen) atoms. The molecule has 1 fully saturated rings. The third-order valence-corrected chi connectivity index (χ3v) is 3.31. The smallest absolute Gasteiger partial charge is 0.245 e. The Morgan fingerprint density at radius 3 is 2.41 bits per heavy atom. The number of nitrogens with one attached hydrogen (secondary N) is 1. The number of amides is 1. The highest BCUT2D eigenvalue weighted by Crippen LogP contribution is 2.26. The van der Waals surface area contributed by atoms with Gasteiger partial charge in [0.05, 0.1) is 6.17 Å². The van der Waals surface area contributed by atoms with E-state index in [0.717, 1.165) is 12.1 Å². The zero-order valence-electron chi connectivity index (χ0n) is 10.7. The predicted octanol–water partition coefficient (Wildman–Crippen LogP) is 2.16. The highest BCUT2D eigenvalue weighted by molar-refractivity contribution is 5.85. The van der Waals surface area contributed by atoms with Crippen LogP contribution in [0.15, 0.2) is 30.3 Å². The van der Waals surface area contributed by atoms with Crippen LogP contribution < -0.4 is 5.32 Å². The van der Waals surface area contributed by atoms with E-state index in [1.807, 2.05) is 42.2 Å². The molecule has 0 aliphatic carbocycles. The number of likely N-dealkylation sites (N-methyl/N-ethyl adjacent to an activating group) is 1. The van der Waals surface area contributed by atoms with Crippen molar-refractivity contribution in [2.24, 2.45) is 5.92 Å². The van der Waals surface area contributed by atoms with Crippen LogP contribution in [0.1, 0.15) is 32.4 Å². The van der Waals surface area contributed by atoms with Crippen LogP contribution in [-0.4, -0.2) is 23.5 Å². The second kappa shape index (κ2) is 4.88. The fourth-order valence-corrected chi connectivity index (χ4v) is 2.42. The van der Waals surface area contributed by atoms with Crippen molar-refractivity contribution in [2.45, 2.75) is 33.0 Å². The van der Waals surface area contributed by atoms with Crippen LogP contribution in [0, 0.1) is 5.92 Å². The molecular formula is C14H20N2O. The van der Waals surface area contributed by atoms with E-state index in [9.17, 15) is 4.79 Å². The number of rotatable bonds is 3. The van der Waals surface area contributed by atoms with E-state index in [2.05, 4.69) is 19.2 Å². The van der Waals surface area contributed by atoms with Crippen molar-refractivity contribution in [1.29, 1.82) is 0 Å². The van der Waals surface area contributed by atoms with Crippen LogP contribution in [0.25, 0.3) is 0 Å². The largest absolute Gasteiger partial charge is 0.325 e. The molecule has 1 aliphatic heterocycles. The van der Waals surface area contributed by atoms with E-state index in [-0.39, 0.29) is 18.1 Å². The lowest BCUT2D eigenvalue weighted by Gasteiger charge is -2.25. The van der Waals surface area contributed by atoms with Gasteiger partial charge in [-0.05, 0) is 18.4 Å². The molecule has 3 nitrogen and oxygen atoms in total. The molecular weight excluding hydrogens is 212 g/mol. The van der Waals surface area contributed by atoms with Crippen molar-refractivity contribution < 1.29 is 4.79 Å². The summed E-state index contributed by atoms with van der Waals surface area (Å²) in [6, 6.07) is 9.76. The number of hydrogen-bond acceptors (Lipinski definition) is 2. The molecule has 1 saturated heterocycles. The van der Waals surface area contributed by atoms with Crippen molar-refractivity contribution in [3.63, 3.8) is 0 Å². The Morgan fingerprint density at radius 2 is 1.94 bits per heavy atom. The van der Waals surface area contributed by atoms with Crippen molar-refractivity contribution in [1.82, 2.24) is 10.2 Å². The monoisotopic (exact) mass is 232 g/mol. The molecule has 0 bridgehead atoms. The molecule has 1 aliphatic rings. The summed E-state index contributed by atoms with van der Waals surface area (Å²) in [4.78, 5) is 14.2. The van der Waals surface area contributed by atoms with Gasteiger partial charge >= 0.3 is 0 Å². The lowest BCUT2D eigenvalue weighted by Crippen LogP contribution is -2.41. The molecule has 3 heteroatoms. The maximum absolute atomic E-state index is 12.3. The fraction of sp³-hybridized carbons (Fsp3) is 0.500. The van der Waals surface area contributed by atoms with Gasteiger partial charge in [-0.15, -0.1) is 0 Å². The molecule has 2 atom stereocenters. The van der Waals surface area contributed by atoms with Gasteiger partial charge in [-0.3, -0.25) is 10.1 Å². The molecule has 2 rings (SSSR count). The maximum Gasteiger partial charge on any atom is 0.245 e. The third-order valence-electron chi connectivity index (χ3n) is 3.31. The molecule has 1 aromatic carbocycles. The molecule has 1 heterocycles. The number of hydrogen-bond donors (Lipinski definition) is 1. The third kappa shape index (κ3) is 2.20. The van der Waals surface area contributed by atoms with Gasteiger partial charge in [-0.2, -0.15) is 0 Å². The minimum atomic E-state index is -0.177. The molecule has 92 valence electrons. The first-order valence-electron chi connectivity index (χ1n) is 6.26. The highest BCUT2D eigenvalue weighted by Gasteiger charge is 2.39. The van der Waals surface area contributed by atoms with E-state index in [4.69, 9.17) is 0 Å². The van der Waals surface area contributed by atoms with E-state index >= 15 is 0 Å². The maximum atomic E-state index is 12.3. The zero-order chi connectivity index (χ0) is 12.4. The summed E-state index contributed by atoms with van der Waals surface area (Å²) in [6.45, 7) is 7.07. The Morgan fingerprint density at radius 1 is 1.29 bits per heavy atom. The van der Waals surface area contributed by atoms with Crippen LogP contribution in [-0.2, 0) is 4.79 Å². The van der Waals surface area contributed by atoms with Crippen LogP contribution in [0.5, 0.6) is 0 Å². The highest BCUT2D eigenvalue weighted by atomic mass is 16.2. The van der Waals surface area contributed by atoms with Crippen LogP contribution in [0.4, 0.5) is 0 Å². The summed E-state index contributed by atoms with van der Waals surface area (Å²) in [5.74, 6) is 0.616. The molecule has 0 spiro atoms. The summed E-state index contributed by atoms with van der Waals surface area (Å²) in [5.41, 5.74) is 1.05. The fourth-order valence-electron chi connectivity index (χ4n) is 2.42. The van der Waals surface area contributed by atoms with Crippen molar-refractivity contribution in [2.75, 3.05) is 6.54 Å². The molecule has 0 aromatic heterocycles. The molecule has 1 amide bonds. The number of carbonyl (C=O) groups is 1. The molecule has 2 unspecified atom stereocenters. The van der Waals surface area contributed by atoms with E-state index in [1.165, 1.54) is 0 Å². The molecule has 1 aromatic rings. The Labute approximate surface area is 103 Å². The predicted molar refractivity (Wildman–Crippen MR) is 68.3 cm³/mol. The zero-order valence-corrected chi connectivity index (χ0v) is 10.7. The second-order valence-electron chi connectivity index (χ2n) is 4.82. The van der Waals surface area contributed by atoms with Gasteiger partial charge in [0.1, 0.15) is 6.04 Å². The number of benzene rings is 1. The van der Waals surface area contributed by atoms with Crippen molar-refractivity contribution in [3.8, 4) is 0 Å². The van der Waals surface area contributed by atoms with E-state index < -0.39 is 0 Å². The second-order valence-corrected chi connectivity index (χ2v) is 4.82. The SMILES string of the molecule is CCN1C(=O)C(c2ccccc2)NC1C(C)C. The van der Waals surface area contributed by atoms with Gasteiger partial charge in [0.25, 0.3) is 0 Å². The minimum absolute atomic E-state index is 0.151. The average molecular weight is 232 g/mol. The Kier molecular flexibility index (Phi) is 3.48.